The van der Waals surface area contributed by atoms with Gasteiger partial charge in [-0.1, -0.05) is 6.92 Å². The first-order valence-corrected chi connectivity index (χ1v) is 5.26. The molecule has 0 aromatic heterocycles. The van der Waals surface area contributed by atoms with Gasteiger partial charge < -0.3 is 11.1 Å². The zero-order chi connectivity index (χ0) is 9.90. The minimum Gasteiger partial charge on any atom is -0.328 e. The third kappa shape index (κ3) is 2.64. The summed E-state index contributed by atoms with van der Waals surface area (Å²) < 4.78 is 14.3. The van der Waals surface area contributed by atoms with E-state index in [-0.39, 0.29) is 12.1 Å². The van der Waals surface area contributed by atoms with Gasteiger partial charge in [0.1, 0.15) is 5.67 Å². The summed E-state index contributed by atoms with van der Waals surface area (Å²) in [5, 5.41) is 3.15. The highest BCUT2D eigenvalue weighted by Gasteiger charge is 2.39. The molecule has 3 heteroatoms. The predicted molar refractivity (Wildman–Crippen MR) is 53.4 cm³/mol. The Bertz CT molecular complexity index is 163. The fraction of sp³-hybridized carbons (Fsp3) is 1.00. The summed E-state index contributed by atoms with van der Waals surface area (Å²) in [7, 11) is 0. The van der Waals surface area contributed by atoms with Crippen molar-refractivity contribution in [3.05, 3.63) is 0 Å². The van der Waals surface area contributed by atoms with Gasteiger partial charge in [-0.15, -0.1) is 0 Å². The van der Waals surface area contributed by atoms with E-state index < -0.39 is 5.67 Å². The first kappa shape index (κ1) is 10.9. The van der Waals surface area contributed by atoms with Crippen molar-refractivity contribution in [1.82, 2.24) is 5.32 Å². The van der Waals surface area contributed by atoms with Crippen LogP contribution < -0.4 is 11.1 Å². The van der Waals surface area contributed by atoms with Crippen molar-refractivity contribution in [3.8, 4) is 0 Å². The summed E-state index contributed by atoms with van der Waals surface area (Å²) in [4.78, 5) is 0. The molecule has 0 aliphatic heterocycles. The zero-order valence-electron chi connectivity index (χ0n) is 8.65. The lowest BCUT2D eigenvalue weighted by Crippen LogP contribution is -2.51. The molecule has 13 heavy (non-hydrogen) atoms. The first-order chi connectivity index (χ1) is 6.08. The van der Waals surface area contributed by atoms with Crippen LogP contribution in [0.4, 0.5) is 4.39 Å². The summed E-state index contributed by atoms with van der Waals surface area (Å²) in [6.07, 6.45) is 3.08. The Hall–Kier alpha value is -0.150. The number of nitrogens with two attached hydrogens (primary N) is 1. The highest BCUT2D eigenvalue weighted by Crippen LogP contribution is 2.34. The van der Waals surface area contributed by atoms with E-state index in [4.69, 9.17) is 5.73 Å². The van der Waals surface area contributed by atoms with Gasteiger partial charge in [-0.3, -0.25) is 0 Å². The summed E-state index contributed by atoms with van der Waals surface area (Å²) in [6, 6.07) is -0.0105. The molecule has 2 nitrogen and oxygen atoms in total. The second-order valence-corrected chi connectivity index (χ2v) is 4.17. The summed E-state index contributed by atoms with van der Waals surface area (Å²) in [5.41, 5.74) is 4.70. The minimum absolute atomic E-state index is 0.0554. The molecule has 0 bridgehead atoms. The van der Waals surface area contributed by atoms with Crippen LogP contribution in [0.25, 0.3) is 0 Å². The highest BCUT2D eigenvalue weighted by molar-refractivity contribution is 4.95. The average molecular weight is 188 g/mol. The lowest BCUT2D eigenvalue weighted by molar-refractivity contribution is 0.0590. The molecule has 1 aliphatic rings. The number of rotatable bonds is 3. The smallest absolute Gasteiger partial charge is 0.127 e. The van der Waals surface area contributed by atoms with Crippen LogP contribution in [0.5, 0.6) is 0 Å². The van der Waals surface area contributed by atoms with Crippen molar-refractivity contribution < 1.29 is 4.39 Å². The van der Waals surface area contributed by atoms with E-state index in [0.29, 0.717) is 12.8 Å². The van der Waals surface area contributed by atoms with E-state index in [1.165, 1.54) is 0 Å². The summed E-state index contributed by atoms with van der Waals surface area (Å²) >= 11 is 0. The number of halogens is 1. The standard InChI is InChI=1S/C10H21FN2/c1-3-13-8(2)10(11)6-4-5-9(12)7-10/h8-9,13H,3-7,12H2,1-2H3. The van der Waals surface area contributed by atoms with Gasteiger partial charge in [0.05, 0.1) is 0 Å². The fourth-order valence-electron chi connectivity index (χ4n) is 2.18. The SMILES string of the molecule is CCNC(C)C1(F)CCCC(N)C1. The van der Waals surface area contributed by atoms with Crippen LogP contribution in [-0.2, 0) is 0 Å². The summed E-state index contributed by atoms with van der Waals surface area (Å²) in [5.74, 6) is 0. The van der Waals surface area contributed by atoms with Gasteiger partial charge in [-0.2, -0.15) is 0 Å². The maximum absolute atomic E-state index is 14.3. The Kier molecular flexibility index (Phi) is 3.68. The molecule has 78 valence electrons. The normalized spacial score (nSPS) is 37.4. The monoisotopic (exact) mass is 188 g/mol. The third-order valence-corrected chi connectivity index (χ3v) is 3.06. The molecule has 3 N–H and O–H groups in total. The molecule has 0 heterocycles. The van der Waals surface area contributed by atoms with E-state index in [0.717, 1.165) is 19.4 Å². The summed E-state index contributed by atoms with van der Waals surface area (Å²) in [6.45, 7) is 4.74. The van der Waals surface area contributed by atoms with Crippen LogP contribution in [0.3, 0.4) is 0 Å². The molecular weight excluding hydrogens is 167 g/mol. The zero-order valence-corrected chi connectivity index (χ0v) is 8.65. The fourth-order valence-corrected chi connectivity index (χ4v) is 2.18. The second kappa shape index (κ2) is 4.38. The average Bonchev–Trinajstić information content (AvgIpc) is 2.04. The van der Waals surface area contributed by atoms with Gasteiger partial charge >= 0.3 is 0 Å². The van der Waals surface area contributed by atoms with Gasteiger partial charge in [0.2, 0.25) is 0 Å². The molecule has 1 rings (SSSR count). The van der Waals surface area contributed by atoms with Gasteiger partial charge in [-0.05, 0) is 39.2 Å². The van der Waals surface area contributed by atoms with Crippen molar-refractivity contribution in [1.29, 1.82) is 0 Å². The Labute approximate surface area is 80.1 Å². The lowest BCUT2D eigenvalue weighted by Gasteiger charge is -2.37. The lowest BCUT2D eigenvalue weighted by atomic mass is 9.79. The van der Waals surface area contributed by atoms with Gasteiger partial charge in [0.25, 0.3) is 0 Å². The van der Waals surface area contributed by atoms with Crippen LogP contribution >= 0.6 is 0 Å². The van der Waals surface area contributed by atoms with E-state index in [1.54, 1.807) is 0 Å². The molecular formula is C10H21FN2. The number of alkyl halides is 1. The molecule has 0 saturated heterocycles. The van der Waals surface area contributed by atoms with Crippen molar-refractivity contribution >= 4 is 0 Å². The van der Waals surface area contributed by atoms with Crippen molar-refractivity contribution in [3.63, 3.8) is 0 Å². The molecule has 1 aliphatic carbocycles. The molecule has 0 amide bonds. The minimum atomic E-state index is -1.08. The van der Waals surface area contributed by atoms with Crippen LogP contribution in [0.15, 0.2) is 0 Å². The Morgan fingerprint density at radius 1 is 1.69 bits per heavy atom. The van der Waals surface area contributed by atoms with Crippen molar-refractivity contribution in [2.24, 2.45) is 5.73 Å². The maximum Gasteiger partial charge on any atom is 0.127 e. The second-order valence-electron chi connectivity index (χ2n) is 4.17. The van der Waals surface area contributed by atoms with Crippen molar-refractivity contribution in [2.45, 2.75) is 57.3 Å². The Balaban J connectivity index is 2.52. The van der Waals surface area contributed by atoms with Crippen molar-refractivity contribution in [2.75, 3.05) is 6.54 Å². The van der Waals surface area contributed by atoms with E-state index in [1.807, 2.05) is 13.8 Å². The topological polar surface area (TPSA) is 38.0 Å². The first-order valence-electron chi connectivity index (χ1n) is 5.26. The molecule has 0 aromatic carbocycles. The Morgan fingerprint density at radius 2 is 2.38 bits per heavy atom. The maximum atomic E-state index is 14.3. The van der Waals surface area contributed by atoms with Crippen LogP contribution in [0, 0.1) is 0 Å². The molecule has 3 unspecified atom stereocenters. The predicted octanol–water partition coefficient (Wildman–Crippen LogP) is 1.59. The Morgan fingerprint density at radius 3 is 2.92 bits per heavy atom. The molecule has 3 atom stereocenters. The largest absolute Gasteiger partial charge is 0.328 e. The third-order valence-electron chi connectivity index (χ3n) is 3.06. The van der Waals surface area contributed by atoms with Crippen LogP contribution in [0.1, 0.15) is 39.5 Å². The molecule has 0 spiro atoms. The highest BCUT2D eigenvalue weighted by atomic mass is 19.1. The molecule has 0 aromatic rings. The van der Waals surface area contributed by atoms with E-state index in [2.05, 4.69) is 5.32 Å². The van der Waals surface area contributed by atoms with Gasteiger partial charge in [0.15, 0.2) is 0 Å². The van der Waals surface area contributed by atoms with E-state index in [9.17, 15) is 4.39 Å². The van der Waals surface area contributed by atoms with Crippen LogP contribution in [-0.4, -0.2) is 24.3 Å². The molecule has 1 fully saturated rings. The van der Waals surface area contributed by atoms with E-state index >= 15 is 0 Å². The van der Waals surface area contributed by atoms with Crippen LogP contribution in [0.2, 0.25) is 0 Å². The number of hydrogen-bond acceptors (Lipinski definition) is 2. The quantitative estimate of drug-likeness (QED) is 0.706. The number of nitrogens with one attached hydrogen (secondary N) is 1. The van der Waals surface area contributed by atoms with Gasteiger partial charge in [-0.25, -0.2) is 4.39 Å². The molecule has 1 saturated carbocycles. The molecule has 0 radical (unpaired) electrons. The number of hydrogen-bond donors (Lipinski definition) is 2. The van der Waals surface area contributed by atoms with Gasteiger partial charge in [0, 0.05) is 12.1 Å².